The summed E-state index contributed by atoms with van der Waals surface area (Å²) in [6.07, 6.45) is 3.41. The highest BCUT2D eigenvalue weighted by Crippen LogP contribution is 2.36. The van der Waals surface area contributed by atoms with Gasteiger partial charge in [0.25, 0.3) is 0 Å². The average molecular weight is 312 g/mol. The largest absolute Gasteiger partial charge is 0.340 e. The lowest BCUT2D eigenvalue weighted by atomic mass is 10.0. The second kappa shape index (κ2) is 5.80. The number of hydrogen-bond acceptors (Lipinski definition) is 4. The predicted molar refractivity (Wildman–Crippen MR) is 91.7 cm³/mol. The SMILES string of the molecule is CCCCc1nc2c([nH]1)C1=NN(c3ccccc3)CC1CS2. The van der Waals surface area contributed by atoms with Crippen LogP contribution in [0.2, 0.25) is 0 Å². The van der Waals surface area contributed by atoms with E-state index in [4.69, 9.17) is 10.1 Å². The molecule has 22 heavy (non-hydrogen) atoms. The first kappa shape index (κ1) is 13.9. The number of aromatic amines is 1. The maximum atomic E-state index is 4.88. The summed E-state index contributed by atoms with van der Waals surface area (Å²) in [5.74, 6) is 2.69. The van der Waals surface area contributed by atoms with Crippen molar-refractivity contribution in [3.8, 4) is 0 Å². The van der Waals surface area contributed by atoms with Gasteiger partial charge < -0.3 is 4.98 Å². The van der Waals surface area contributed by atoms with Crippen LogP contribution >= 0.6 is 11.8 Å². The van der Waals surface area contributed by atoms with Gasteiger partial charge in [0, 0.05) is 18.1 Å². The first-order valence-electron chi connectivity index (χ1n) is 7.98. The smallest absolute Gasteiger partial charge is 0.124 e. The number of thioether (sulfide) groups is 1. The number of hydrazone groups is 1. The molecule has 1 aromatic heterocycles. The zero-order valence-electron chi connectivity index (χ0n) is 12.7. The van der Waals surface area contributed by atoms with Crippen molar-refractivity contribution in [3.63, 3.8) is 0 Å². The lowest BCUT2D eigenvalue weighted by Crippen LogP contribution is -2.24. The third-order valence-corrected chi connectivity index (χ3v) is 5.36. The first-order valence-corrected chi connectivity index (χ1v) is 8.97. The van der Waals surface area contributed by atoms with Crippen LogP contribution in [0.3, 0.4) is 0 Å². The lowest BCUT2D eigenvalue weighted by molar-refractivity contribution is 0.759. The number of nitrogens with zero attached hydrogens (tertiary/aromatic N) is 3. The van der Waals surface area contributed by atoms with Crippen molar-refractivity contribution < 1.29 is 0 Å². The third kappa shape index (κ3) is 2.43. The van der Waals surface area contributed by atoms with Gasteiger partial charge in [-0.3, -0.25) is 5.01 Å². The van der Waals surface area contributed by atoms with Crippen molar-refractivity contribution in [1.82, 2.24) is 9.97 Å². The number of imidazole rings is 1. The molecule has 1 unspecified atom stereocenters. The van der Waals surface area contributed by atoms with Gasteiger partial charge >= 0.3 is 0 Å². The van der Waals surface area contributed by atoms with Gasteiger partial charge in [0.05, 0.1) is 23.6 Å². The van der Waals surface area contributed by atoms with Crippen molar-refractivity contribution >= 4 is 23.2 Å². The second-order valence-electron chi connectivity index (χ2n) is 5.88. The summed E-state index contributed by atoms with van der Waals surface area (Å²) in [6, 6.07) is 10.4. The molecule has 2 aliphatic heterocycles. The van der Waals surface area contributed by atoms with Crippen LogP contribution in [0.1, 0.15) is 31.3 Å². The molecule has 0 fully saturated rings. The van der Waals surface area contributed by atoms with Gasteiger partial charge in [-0.05, 0) is 18.6 Å². The predicted octanol–water partition coefficient (Wildman–Crippen LogP) is 3.70. The molecule has 0 saturated carbocycles. The van der Waals surface area contributed by atoms with Crippen LogP contribution in [0.4, 0.5) is 5.69 Å². The number of H-pyrrole nitrogens is 1. The van der Waals surface area contributed by atoms with Gasteiger partial charge in [-0.25, -0.2) is 4.98 Å². The molecule has 4 rings (SSSR count). The van der Waals surface area contributed by atoms with E-state index < -0.39 is 0 Å². The molecule has 0 bridgehead atoms. The third-order valence-electron chi connectivity index (χ3n) is 4.23. The number of aryl methyl sites for hydroxylation is 1. The molecule has 1 aromatic carbocycles. The second-order valence-corrected chi connectivity index (χ2v) is 6.89. The average Bonchev–Trinajstić information content (AvgIpc) is 3.16. The molecular weight excluding hydrogens is 292 g/mol. The number of fused-ring (bicyclic) bond motifs is 3. The van der Waals surface area contributed by atoms with E-state index in [1.165, 1.54) is 24.2 Å². The van der Waals surface area contributed by atoms with Gasteiger partial charge in [-0.1, -0.05) is 31.5 Å². The molecular formula is C17H20N4S. The number of rotatable bonds is 4. The Morgan fingerprint density at radius 1 is 1.32 bits per heavy atom. The minimum absolute atomic E-state index is 0.497. The topological polar surface area (TPSA) is 44.3 Å². The first-order chi connectivity index (χ1) is 10.8. The number of unbranched alkanes of at least 4 members (excludes halogenated alkanes) is 1. The molecule has 5 heteroatoms. The van der Waals surface area contributed by atoms with Gasteiger partial charge in [-0.15, -0.1) is 11.8 Å². The molecule has 0 saturated heterocycles. The van der Waals surface area contributed by atoms with Crippen LogP contribution in [-0.2, 0) is 6.42 Å². The number of para-hydroxylation sites is 1. The summed E-state index contributed by atoms with van der Waals surface area (Å²) in [5.41, 5.74) is 3.51. The number of anilines is 1. The Morgan fingerprint density at radius 2 is 2.18 bits per heavy atom. The van der Waals surface area contributed by atoms with Gasteiger partial charge in [0.15, 0.2) is 0 Å². The van der Waals surface area contributed by atoms with Gasteiger partial charge in [0.1, 0.15) is 10.9 Å². The summed E-state index contributed by atoms with van der Waals surface area (Å²) >= 11 is 1.87. The van der Waals surface area contributed by atoms with Crippen molar-refractivity contribution in [2.24, 2.45) is 11.0 Å². The molecule has 0 aliphatic carbocycles. The van der Waals surface area contributed by atoms with E-state index in [1.54, 1.807) is 0 Å². The van der Waals surface area contributed by atoms with Gasteiger partial charge in [-0.2, -0.15) is 5.10 Å². The van der Waals surface area contributed by atoms with E-state index >= 15 is 0 Å². The molecule has 4 nitrogen and oxygen atoms in total. The standard InChI is InChI=1S/C17H20N4S/c1-2-3-9-14-18-16-15-12(11-22-17(16)19-14)10-21(20-15)13-7-5-4-6-8-13/h4-8,12H,2-3,9-11H2,1H3,(H,18,19). The van der Waals surface area contributed by atoms with E-state index in [-0.39, 0.29) is 0 Å². The molecule has 2 aliphatic rings. The summed E-state index contributed by atoms with van der Waals surface area (Å²) in [7, 11) is 0. The highest BCUT2D eigenvalue weighted by Gasteiger charge is 2.35. The molecule has 1 N–H and O–H groups in total. The van der Waals surface area contributed by atoms with Crippen LogP contribution in [0.15, 0.2) is 40.5 Å². The number of aromatic nitrogens is 2. The van der Waals surface area contributed by atoms with Crippen LogP contribution in [-0.4, -0.2) is 28.0 Å². The number of hydrogen-bond donors (Lipinski definition) is 1. The summed E-state index contributed by atoms with van der Waals surface area (Å²) in [6.45, 7) is 3.18. The maximum Gasteiger partial charge on any atom is 0.124 e. The highest BCUT2D eigenvalue weighted by atomic mass is 32.2. The van der Waals surface area contributed by atoms with E-state index in [2.05, 4.69) is 41.2 Å². The van der Waals surface area contributed by atoms with Crippen LogP contribution in [0.5, 0.6) is 0 Å². The summed E-state index contributed by atoms with van der Waals surface area (Å²) in [5, 5.41) is 8.14. The van der Waals surface area contributed by atoms with Crippen molar-refractivity contribution in [3.05, 3.63) is 41.9 Å². The fourth-order valence-corrected chi connectivity index (χ4v) is 4.12. The molecule has 1 atom stereocenters. The Morgan fingerprint density at radius 3 is 3.00 bits per heavy atom. The monoisotopic (exact) mass is 312 g/mol. The maximum absolute atomic E-state index is 4.88. The molecule has 114 valence electrons. The Balaban J connectivity index is 1.63. The van der Waals surface area contributed by atoms with Crippen LogP contribution < -0.4 is 5.01 Å². The molecule has 0 spiro atoms. The minimum Gasteiger partial charge on any atom is -0.340 e. The Kier molecular flexibility index (Phi) is 3.66. The molecule has 0 radical (unpaired) electrons. The summed E-state index contributed by atoms with van der Waals surface area (Å²) < 4.78 is 0. The van der Waals surface area contributed by atoms with Gasteiger partial charge in [0.2, 0.25) is 0 Å². The van der Waals surface area contributed by atoms with E-state index in [1.807, 2.05) is 17.8 Å². The summed E-state index contributed by atoms with van der Waals surface area (Å²) in [4.78, 5) is 8.28. The Labute approximate surface area is 135 Å². The number of nitrogens with one attached hydrogen (secondary N) is 1. The molecule has 3 heterocycles. The quantitative estimate of drug-likeness (QED) is 0.936. The fourth-order valence-electron chi connectivity index (χ4n) is 3.02. The molecule has 2 aromatic rings. The fraction of sp³-hybridized carbons (Fsp3) is 0.412. The zero-order chi connectivity index (χ0) is 14.9. The zero-order valence-corrected chi connectivity index (χ0v) is 13.6. The Bertz CT molecular complexity index is 692. The minimum atomic E-state index is 0.497. The van der Waals surface area contributed by atoms with E-state index in [0.29, 0.717) is 5.92 Å². The van der Waals surface area contributed by atoms with Crippen molar-refractivity contribution in [2.75, 3.05) is 17.3 Å². The lowest BCUT2D eigenvalue weighted by Gasteiger charge is -2.17. The van der Waals surface area contributed by atoms with Crippen molar-refractivity contribution in [1.29, 1.82) is 0 Å². The van der Waals surface area contributed by atoms with Crippen LogP contribution in [0.25, 0.3) is 0 Å². The van der Waals surface area contributed by atoms with E-state index in [9.17, 15) is 0 Å². The Hall–Kier alpha value is -1.75. The highest BCUT2D eigenvalue weighted by molar-refractivity contribution is 7.99. The van der Waals surface area contributed by atoms with Crippen molar-refractivity contribution in [2.45, 2.75) is 31.2 Å². The number of benzene rings is 1. The van der Waals surface area contributed by atoms with E-state index in [0.717, 1.165) is 35.3 Å². The van der Waals surface area contributed by atoms with Crippen LogP contribution in [0, 0.1) is 5.92 Å². The normalized spacial score (nSPS) is 19.8. The molecule has 0 amide bonds.